The van der Waals surface area contributed by atoms with E-state index in [9.17, 15) is 0 Å². The Morgan fingerprint density at radius 3 is 2.40 bits per heavy atom. The molecular weight excluding hydrogens is 248 g/mol. The fourth-order valence-electron chi connectivity index (χ4n) is 3.18. The van der Waals surface area contributed by atoms with Gasteiger partial charge in [0.1, 0.15) is 0 Å². The maximum Gasteiger partial charge on any atom is 0.0176 e. The minimum Gasteiger partial charge on any atom is -0.0888 e. The Bertz CT molecular complexity index is 176. The second-order valence-corrected chi connectivity index (χ2v) is 6.97. The average molecular weight is 275 g/mol. The van der Waals surface area contributed by atoms with E-state index in [-0.39, 0.29) is 0 Å². The van der Waals surface area contributed by atoms with Crippen LogP contribution in [-0.4, -0.2) is 4.83 Å². The minimum absolute atomic E-state index is 0.762. The summed E-state index contributed by atoms with van der Waals surface area (Å²) >= 11 is 3.94. The predicted molar refractivity (Wildman–Crippen MR) is 72.5 cm³/mol. The van der Waals surface area contributed by atoms with Crippen molar-refractivity contribution in [3.8, 4) is 0 Å². The first kappa shape index (κ1) is 13.5. The molecule has 0 aromatic carbocycles. The van der Waals surface area contributed by atoms with Gasteiger partial charge in [-0.05, 0) is 42.9 Å². The molecule has 1 saturated carbocycles. The summed E-state index contributed by atoms with van der Waals surface area (Å²) in [5, 5.41) is 0. The van der Waals surface area contributed by atoms with E-state index < -0.39 is 0 Å². The van der Waals surface area contributed by atoms with Gasteiger partial charge in [-0.3, -0.25) is 0 Å². The van der Waals surface area contributed by atoms with Gasteiger partial charge in [-0.15, -0.1) is 0 Å². The molecule has 0 aromatic heterocycles. The summed E-state index contributed by atoms with van der Waals surface area (Å²) in [5.41, 5.74) is 0. The molecule has 0 spiro atoms. The first-order valence-electron chi connectivity index (χ1n) is 6.70. The lowest BCUT2D eigenvalue weighted by molar-refractivity contribution is 0.140. The van der Waals surface area contributed by atoms with Gasteiger partial charge in [0.15, 0.2) is 0 Å². The van der Waals surface area contributed by atoms with Gasteiger partial charge in [0.25, 0.3) is 0 Å². The van der Waals surface area contributed by atoms with Crippen molar-refractivity contribution >= 4 is 15.9 Å². The molecule has 0 nitrogen and oxygen atoms in total. The first-order valence-corrected chi connectivity index (χ1v) is 7.61. The summed E-state index contributed by atoms with van der Waals surface area (Å²) in [5.74, 6) is 3.69. The van der Waals surface area contributed by atoms with Crippen molar-refractivity contribution in [1.82, 2.24) is 0 Å². The van der Waals surface area contributed by atoms with Crippen molar-refractivity contribution in [2.24, 2.45) is 23.7 Å². The molecule has 4 atom stereocenters. The molecule has 1 fully saturated rings. The van der Waals surface area contributed by atoms with Crippen molar-refractivity contribution in [2.75, 3.05) is 0 Å². The summed E-state index contributed by atoms with van der Waals surface area (Å²) < 4.78 is 0. The molecule has 1 rings (SSSR count). The summed E-state index contributed by atoms with van der Waals surface area (Å²) in [6, 6.07) is 0. The van der Waals surface area contributed by atoms with E-state index in [0.29, 0.717) is 0 Å². The molecule has 1 aliphatic rings. The Morgan fingerprint density at radius 1 is 1.20 bits per heavy atom. The van der Waals surface area contributed by atoms with Gasteiger partial charge in [-0.1, -0.05) is 56.5 Å². The topological polar surface area (TPSA) is 0 Å². The van der Waals surface area contributed by atoms with Gasteiger partial charge >= 0.3 is 0 Å². The third-order valence-electron chi connectivity index (χ3n) is 4.10. The van der Waals surface area contributed by atoms with Gasteiger partial charge in [0.05, 0.1) is 0 Å². The molecule has 1 heteroatoms. The first-order chi connectivity index (χ1) is 7.06. The zero-order chi connectivity index (χ0) is 11.4. The van der Waals surface area contributed by atoms with E-state index in [4.69, 9.17) is 0 Å². The van der Waals surface area contributed by atoms with Gasteiger partial charge in [0, 0.05) is 4.83 Å². The third-order valence-corrected chi connectivity index (χ3v) is 5.24. The number of halogens is 1. The van der Waals surface area contributed by atoms with Crippen LogP contribution in [0.15, 0.2) is 0 Å². The smallest absolute Gasteiger partial charge is 0.0176 e. The van der Waals surface area contributed by atoms with E-state index in [0.717, 1.165) is 28.5 Å². The summed E-state index contributed by atoms with van der Waals surface area (Å²) in [6.45, 7) is 9.53. The van der Waals surface area contributed by atoms with Crippen molar-refractivity contribution in [1.29, 1.82) is 0 Å². The lowest BCUT2D eigenvalue weighted by Crippen LogP contribution is -2.33. The molecule has 0 heterocycles. The molecular formula is C14H27Br. The lowest BCUT2D eigenvalue weighted by Gasteiger charge is -2.40. The van der Waals surface area contributed by atoms with Crippen molar-refractivity contribution < 1.29 is 0 Å². The fourth-order valence-corrected chi connectivity index (χ4v) is 4.25. The standard InChI is InChI=1S/C14H27Br/c1-5-6-14(15)13-9-11(4)7-8-12(13)10(2)3/h10-14H,5-9H2,1-4H3. The molecule has 0 aliphatic heterocycles. The minimum atomic E-state index is 0.762. The molecule has 0 radical (unpaired) electrons. The maximum atomic E-state index is 3.94. The van der Waals surface area contributed by atoms with Gasteiger partial charge < -0.3 is 0 Å². The zero-order valence-electron chi connectivity index (χ0n) is 10.8. The summed E-state index contributed by atoms with van der Waals surface area (Å²) in [7, 11) is 0. The Kier molecular flexibility index (Phi) is 5.66. The predicted octanol–water partition coefficient (Wildman–Crippen LogP) is 5.26. The molecule has 0 saturated heterocycles. The second kappa shape index (κ2) is 6.27. The summed E-state index contributed by atoms with van der Waals surface area (Å²) in [6.07, 6.45) is 7.01. The largest absolute Gasteiger partial charge is 0.0888 e. The molecule has 0 N–H and O–H groups in total. The van der Waals surface area contributed by atoms with Crippen LogP contribution in [0.5, 0.6) is 0 Å². The number of rotatable bonds is 4. The van der Waals surface area contributed by atoms with Crippen LogP contribution in [-0.2, 0) is 0 Å². The normalized spacial score (nSPS) is 34.4. The second-order valence-electron chi connectivity index (χ2n) is 5.79. The van der Waals surface area contributed by atoms with Crippen LogP contribution in [0.3, 0.4) is 0 Å². The number of hydrogen-bond donors (Lipinski definition) is 0. The van der Waals surface area contributed by atoms with Crippen LogP contribution in [0.2, 0.25) is 0 Å². The fraction of sp³-hybridized carbons (Fsp3) is 1.00. The highest BCUT2D eigenvalue weighted by atomic mass is 79.9. The highest BCUT2D eigenvalue weighted by molar-refractivity contribution is 9.09. The zero-order valence-corrected chi connectivity index (χ0v) is 12.4. The molecule has 0 aromatic rings. The SMILES string of the molecule is CCCC(Br)C1CC(C)CCC1C(C)C. The average Bonchev–Trinajstić information content (AvgIpc) is 2.17. The molecule has 4 unspecified atom stereocenters. The Hall–Kier alpha value is 0.480. The van der Waals surface area contributed by atoms with E-state index in [1.807, 2.05) is 0 Å². The van der Waals surface area contributed by atoms with Crippen LogP contribution in [0, 0.1) is 23.7 Å². The highest BCUT2D eigenvalue weighted by Crippen LogP contribution is 2.42. The van der Waals surface area contributed by atoms with Crippen LogP contribution < -0.4 is 0 Å². The molecule has 90 valence electrons. The van der Waals surface area contributed by atoms with Gasteiger partial charge in [-0.25, -0.2) is 0 Å². The van der Waals surface area contributed by atoms with Crippen molar-refractivity contribution in [3.63, 3.8) is 0 Å². The van der Waals surface area contributed by atoms with Crippen LogP contribution in [0.1, 0.15) is 59.8 Å². The lowest BCUT2D eigenvalue weighted by atomic mass is 9.68. The number of alkyl halides is 1. The van der Waals surface area contributed by atoms with E-state index in [1.54, 1.807) is 0 Å². The number of hydrogen-bond acceptors (Lipinski definition) is 0. The molecule has 15 heavy (non-hydrogen) atoms. The molecule has 0 amide bonds. The highest BCUT2D eigenvalue weighted by Gasteiger charge is 2.34. The van der Waals surface area contributed by atoms with Crippen molar-refractivity contribution in [2.45, 2.75) is 64.6 Å². The Morgan fingerprint density at radius 2 is 1.87 bits per heavy atom. The van der Waals surface area contributed by atoms with E-state index in [1.165, 1.54) is 32.1 Å². The maximum absolute atomic E-state index is 3.94. The quantitative estimate of drug-likeness (QED) is 0.614. The van der Waals surface area contributed by atoms with Crippen LogP contribution in [0.4, 0.5) is 0 Å². The van der Waals surface area contributed by atoms with E-state index in [2.05, 4.69) is 43.6 Å². The molecule has 0 bridgehead atoms. The van der Waals surface area contributed by atoms with Gasteiger partial charge in [0.2, 0.25) is 0 Å². The van der Waals surface area contributed by atoms with Gasteiger partial charge in [-0.2, -0.15) is 0 Å². The molecule has 1 aliphatic carbocycles. The Balaban J connectivity index is 2.61. The van der Waals surface area contributed by atoms with Crippen LogP contribution >= 0.6 is 15.9 Å². The van der Waals surface area contributed by atoms with E-state index >= 15 is 0 Å². The Labute approximate surface area is 104 Å². The summed E-state index contributed by atoms with van der Waals surface area (Å²) in [4.78, 5) is 0.762. The third kappa shape index (κ3) is 3.76. The van der Waals surface area contributed by atoms with Crippen molar-refractivity contribution in [3.05, 3.63) is 0 Å². The monoisotopic (exact) mass is 274 g/mol. The van der Waals surface area contributed by atoms with Crippen LogP contribution in [0.25, 0.3) is 0 Å².